The first kappa shape index (κ1) is 21.8. The lowest BCUT2D eigenvalue weighted by Gasteiger charge is -2.35. The summed E-state index contributed by atoms with van der Waals surface area (Å²) in [5.74, 6) is -1.06. The molecule has 0 saturated heterocycles. The van der Waals surface area contributed by atoms with Crippen LogP contribution in [0, 0.1) is 10.1 Å². The largest absolute Gasteiger partial charge is 0.504 e. The fraction of sp³-hybridized carbons (Fsp3) is 0.273. The number of Topliss-reactive ketones (excluding diaryl/α,β-unsaturated/α-hetero) is 1. The molecule has 0 saturated carbocycles. The van der Waals surface area contributed by atoms with Crippen molar-refractivity contribution in [1.82, 2.24) is 10.2 Å². The number of benzene rings is 2. The van der Waals surface area contributed by atoms with Gasteiger partial charge in [0.15, 0.2) is 11.5 Å². The maximum Gasteiger partial charge on any atom is 0.322 e. The van der Waals surface area contributed by atoms with Gasteiger partial charge in [0, 0.05) is 17.8 Å². The summed E-state index contributed by atoms with van der Waals surface area (Å²) in [5.41, 5.74) is 1.26. The lowest BCUT2D eigenvalue weighted by molar-refractivity contribution is -0.386. The minimum absolute atomic E-state index is 0.0558. The maximum absolute atomic E-state index is 12.9. The summed E-state index contributed by atoms with van der Waals surface area (Å²) in [7, 11) is 1.20. The third kappa shape index (κ3) is 4.20. The minimum Gasteiger partial charge on any atom is -0.504 e. The van der Waals surface area contributed by atoms with Crippen LogP contribution >= 0.6 is 0 Å². The van der Waals surface area contributed by atoms with Crippen molar-refractivity contribution in [1.29, 1.82) is 0 Å². The molecule has 0 aliphatic carbocycles. The molecule has 0 radical (unpaired) electrons. The number of phenolic OH excluding ortho intramolecular Hbond substituents is 1. The van der Waals surface area contributed by atoms with Gasteiger partial charge in [0.2, 0.25) is 5.75 Å². The topological polar surface area (TPSA) is 122 Å². The Labute approximate surface area is 179 Å². The van der Waals surface area contributed by atoms with E-state index < -0.39 is 28.4 Å². The number of ether oxygens (including phenoxy) is 1. The molecule has 162 valence electrons. The van der Waals surface area contributed by atoms with Gasteiger partial charge in [0.05, 0.1) is 23.6 Å². The van der Waals surface area contributed by atoms with Crippen molar-refractivity contribution >= 4 is 17.5 Å². The summed E-state index contributed by atoms with van der Waals surface area (Å²) in [6.45, 7) is 3.34. The fourth-order valence-corrected chi connectivity index (χ4v) is 3.82. The molecule has 2 aromatic carbocycles. The van der Waals surface area contributed by atoms with Crippen LogP contribution in [-0.2, 0) is 11.2 Å². The number of nitro groups is 1. The van der Waals surface area contributed by atoms with Crippen LogP contribution in [0.5, 0.6) is 11.5 Å². The Kier molecular flexibility index (Phi) is 6.24. The van der Waals surface area contributed by atoms with Crippen LogP contribution < -0.4 is 10.1 Å². The first-order valence-electron chi connectivity index (χ1n) is 9.64. The monoisotopic (exact) mass is 425 g/mol. The number of rotatable bonds is 7. The molecule has 2 amide bonds. The zero-order valence-corrected chi connectivity index (χ0v) is 17.4. The van der Waals surface area contributed by atoms with Crippen LogP contribution in [0.2, 0.25) is 0 Å². The summed E-state index contributed by atoms with van der Waals surface area (Å²) in [6.07, 6.45) is 0.578. The standard InChI is InChI=1S/C22H23N3O6/c1-13-18(14(2)26)19(16-9-10-17(27)21(31-3)20(16)25(29)30)23-22(28)24(13)12-11-15-7-5-4-6-8-15/h4-10,19,27H,11-12H2,1-3H3,(H,23,28). The highest BCUT2D eigenvalue weighted by Crippen LogP contribution is 2.44. The second-order valence-electron chi connectivity index (χ2n) is 7.14. The Morgan fingerprint density at radius 1 is 1.26 bits per heavy atom. The molecule has 1 aliphatic rings. The number of carbonyl (C=O) groups is 2. The van der Waals surface area contributed by atoms with Gasteiger partial charge in [-0.25, -0.2) is 4.79 Å². The van der Waals surface area contributed by atoms with Gasteiger partial charge in [0.25, 0.3) is 0 Å². The van der Waals surface area contributed by atoms with Crippen molar-refractivity contribution in [3.05, 3.63) is 75.0 Å². The van der Waals surface area contributed by atoms with E-state index in [1.54, 1.807) is 6.92 Å². The molecule has 1 aliphatic heterocycles. The Bertz CT molecular complexity index is 1060. The van der Waals surface area contributed by atoms with Crippen LogP contribution in [0.15, 0.2) is 53.7 Å². The molecule has 1 atom stereocenters. The van der Waals surface area contributed by atoms with E-state index in [9.17, 15) is 24.8 Å². The van der Waals surface area contributed by atoms with Crippen LogP contribution in [0.1, 0.15) is 31.0 Å². The van der Waals surface area contributed by atoms with Gasteiger partial charge >= 0.3 is 11.7 Å². The van der Waals surface area contributed by atoms with E-state index in [2.05, 4.69) is 5.32 Å². The molecule has 0 spiro atoms. The second-order valence-corrected chi connectivity index (χ2v) is 7.14. The molecule has 0 fully saturated rings. The zero-order chi connectivity index (χ0) is 22.7. The van der Waals surface area contributed by atoms with Gasteiger partial charge < -0.3 is 15.2 Å². The van der Waals surface area contributed by atoms with Gasteiger partial charge in [-0.1, -0.05) is 30.3 Å². The number of ketones is 1. The third-order valence-corrected chi connectivity index (χ3v) is 5.28. The number of phenols is 1. The average Bonchev–Trinajstić information content (AvgIpc) is 2.73. The molecule has 0 bridgehead atoms. The van der Waals surface area contributed by atoms with Gasteiger partial charge in [-0.15, -0.1) is 0 Å². The molecular formula is C22H23N3O6. The van der Waals surface area contributed by atoms with Crippen molar-refractivity contribution in [3.8, 4) is 11.5 Å². The van der Waals surface area contributed by atoms with Gasteiger partial charge in [-0.3, -0.25) is 19.8 Å². The highest BCUT2D eigenvalue weighted by atomic mass is 16.6. The molecule has 1 unspecified atom stereocenters. The van der Waals surface area contributed by atoms with Gasteiger partial charge in [0.1, 0.15) is 0 Å². The summed E-state index contributed by atoms with van der Waals surface area (Å²) < 4.78 is 5.01. The van der Waals surface area contributed by atoms with E-state index in [0.29, 0.717) is 18.7 Å². The summed E-state index contributed by atoms with van der Waals surface area (Å²) in [4.78, 5) is 37.9. The van der Waals surface area contributed by atoms with Crippen LogP contribution in [0.3, 0.4) is 0 Å². The quantitative estimate of drug-likeness (QED) is 0.517. The van der Waals surface area contributed by atoms with Crippen molar-refractivity contribution in [3.63, 3.8) is 0 Å². The number of hydrogen-bond acceptors (Lipinski definition) is 6. The predicted octanol–water partition coefficient (Wildman–Crippen LogP) is 3.48. The smallest absolute Gasteiger partial charge is 0.322 e. The number of amides is 2. The highest BCUT2D eigenvalue weighted by Gasteiger charge is 2.39. The van der Waals surface area contributed by atoms with Crippen molar-refractivity contribution in [2.24, 2.45) is 0 Å². The lowest BCUT2D eigenvalue weighted by Crippen LogP contribution is -2.48. The van der Waals surface area contributed by atoms with E-state index in [1.807, 2.05) is 30.3 Å². The molecule has 3 rings (SSSR count). The fourth-order valence-electron chi connectivity index (χ4n) is 3.82. The average molecular weight is 425 g/mol. The van der Waals surface area contributed by atoms with Crippen LogP contribution in [0.25, 0.3) is 0 Å². The van der Waals surface area contributed by atoms with E-state index in [0.717, 1.165) is 5.56 Å². The molecule has 9 heteroatoms. The first-order valence-corrected chi connectivity index (χ1v) is 9.64. The minimum atomic E-state index is -1.05. The first-order chi connectivity index (χ1) is 14.8. The Morgan fingerprint density at radius 2 is 1.94 bits per heavy atom. The van der Waals surface area contributed by atoms with Gasteiger partial charge in [-0.05, 0) is 38.0 Å². The molecule has 2 aromatic rings. The maximum atomic E-state index is 12.9. The van der Waals surface area contributed by atoms with Crippen molar-refractivity contribution in [2.75, 3.05) is 13.7 Å². The highest BCUT2D eigenvalue weighted by molar-refractivity contribution is 5.98. The number of carbonyl (C=O) groups excluding carboxylic acids is 2. The second kappa shape index (κ2) is 8.86. The number of methoxy groups -OCH3 is 1. The number of nitrogens with one attached hydrogen (secondary N) is 1. The Hall–Kier alpha value is -3.88. The van der Waals surface area contributed by atoms with Gasteiger partial charge in [-0.2, -0.15) is 0 Å². The molecule has 2 N–H and O–H groups in total. The summed E-state index contributed by atoms with van der Waals surface area (Å²) in [5, 5.41) is 24.4. The number of nitrogens with zero attached hydrogens (tertiary/aromatic N) is 2. The molecule has 31 heavy (non-hydrogen) atoms. The predicted molar refractivity (Wildman–Crippen MR) is 113 cm³/mol. The van der Waals surface area contributed by atoms with E-state index >= 15 is 0 Å². The molecule has 1 heterocycles. The summed E-state index contributed by atoms with van der Waals surface area (Å²) >= 11 is 0. The number of aromatic hydroxyl groups is 1. The number of nitro benzene ring substituents is 1. The summed E-state index contributed by atoms with van der Waals surface area (Å²) in [6, 6.07) is 10.6. The molecule has 9 nitrogen and oxygen atoms in total. The van der Waals surface area contributed by atoms with Crippen molar-refractivity contribution < 1.29 is 24.4 Å². The lowest BCUT2D eigenvalue weighted by atomic mass is 9.91. The Balaban J connectivity index is 2.06. The van der Waals surface area contributed by atoms with E-state index in [1.165, 1.54) is 31.1 Å². The number of allylic oxidation sites excluding steroid dienone is 1. The normalized spacial score (nSPS) is 16.2. The third-order valence-electron chi connectivity index (χ3n) is 5.28. The van der Waals surface area contributed by atoms with Crippen molar-refractivity contribution in [2.45, 2.75) is 26.3 Å². The van der Waals surface area contributed by atoms with Crippen LogP contribution in [-0.4, -0.2) is 40.4 Å². The van der Waals surface area contributed by atoms with E-state index in [-0.39, 0.29) is 22.7 Å². The zero-order valence-electron chi connectivity index (χ0n) is 17.4. The number of hydrogen-bond donors (Lipinski definition) is 2. The SMILES string of the molecule is COc1c(O)ccc(C2NC(=O)N(CCc3ccccc3)C(C)=C2C(C)=O)c1[N+](=O)[O-]. The Morgan fingerprint density at radius 3 is 2.52 bits per heavy atom. The number of urea groups is 1. The van der Waals surface area contributed by atoms with Crippen LogP contribution in [0.4, 0.5) is 10.5 Å². The van der Waals surface area contributed by atoms with E-state index in [4.69, 9.17) is 4.74 Å². The molecule has 0 aromatic heterocycles. The molecular weight excluding hydrogens is 402 g/mol.